The van der Waals surface area contributed by atoms with Gasteiger partial charge in [0.2, 0.25) is 6.79 Å². The first kappa shape index (κ1) is 18.8. The first-order valence-corrected chi connectivity index (χ1v) is 9.78. The Morgan fingerprint density at radius 3 is 2.76 bits per heavy atom. The standard InChI is InChI=1S/C21H16N4O3S/c1-2-9-25-20(16-7-8-18-19(10-16)28-13-27-18)23-24-21(25)29-12-17(26)15-5-3-14(11-22)4-6-15/h2-8,10H,1,9,12-13H2. The Hall–Kier alpha value is -3.57. The summed E-state index contributed by atoms with van der Waals surface area (Å²) < 4.78 is 12.7. The molecule has 144 valence electrons. The van der Waals surface area contributed by atoms with Crippen LogP contribution >= 0.6 is 11.8 Å². The maximum Gasteiger partial charge on any atom is 0.231 e. The molecule has 0 fully saturated rings. The van der Waals surface area contributed by atoms with Crippen LogP contribution in [0.5, 0.6) is 11.5 Å². The van der Waals surface area contributed by atoms with Gasteiger partial charge in [0, 0.05) is 17.7 Å². The van der Waals surface area contributed by atoms with Gasteiger partial charge in [-0.3, -0.25) is 9.36 Å². The summed E-state index contributed by atoms with van der Waals surface area (Å²) >= 11 is 1.31. The molecule has 0 unspecified atom stereocenters. The van der Waals surface area contributed by atoms with Gasteiger partial charge in [0.25, 0.3) is 0 Å². The topological polar surface area (TPSA) is 90.0 Å². The lowest BCUT2D eigenvalue weighted by Gasteiger charge is -2.08. The largest absolute Gasteiger partial charge is 0.454 e. The van der Waals surface area contributed by atoms with Crippen LogP contribution in [0.1, 0.15) is 15.9 Å². The summed E-state index contributed by atoms with van der Waals surface area (Å²) in [4.78, 5) is 12.5. The molecule has 0 aliphatic carbocycles. The molecular formula is C21H16N4O3S. The normalized spacial score (nSPS) is 11.8. The number of nitriles is 1. The van der Waals surface area contributed by atoms with E-state index in [2.05, 4.69) is 16.8 Å². The number of aromatic nitrogens is 3. The average Bonchev–Trinajstić information content (AvgIpc) is 3.38. The molecule has 0 bridgehead atoms. The third kappa shape index (κ3) is 3.86. The third-order valence-corrected chi connectivity index (χ3v) is 5.29. The summed E-state index contributed by atoms with van der Waals surface area (Å²) in [6, 6.07) is 14.2. The van der Waals surface area contributed by atoms with Gasteiger partial charge < -0.3 is 9.47 Å². The van der Waals surface area contributed by atoms with E-state index in [4.69, 9.17) is 14.7 Å². The molecule has 2 heterocycles. The molecule has 0 radical (unpaired) electrons. The molecule has 1 aromatic heterocycles. The Morgan fingerprint density at radius 1 is 1.21 bits per heavy atom. The fraction of sp³-hybridized carbons (Fsp3) is 0.143. The first-order chi connectivity index (χ1) is 14.2. The van der Waals surface area contributed by atoms with Gasteiger partial charge >= 0.3 is 0 Å². The van der Waals surface area contributed by atoms with E-state index in [1.807, 2.05) is 28.8 Å². The van der Waals surface area contributed by atoms with E-state index in [-0.39, 0.29) is 18.3 Å². The molecular weight excluding hydrogens is 388 g/mol. The SMILES string of the molecule is C=CCn1c(SCC(=O)c2ccc(C#N)cc2)nnc1-c1ccc2c(c1)OCO2. The van der Waals surface area contributed by atoms with Crippen LogP contribution in [-0.4, -0.2) is 33.1 Å². The zero-order valence-electron chi connectivity index (χ0n) is 15.4. The predicted octanol–water partition coefficient (Wildman–Crippen LogP) is 3.71. The molecule has 29 heavy (non-hydrogen) atoms. The van der Waals surface area contributed by atoms with Crippen molar-refractivity contribution >= 4 is 17.5 Å². The number of nitrogens with zero attached hydrogens (tertiary/aromatic N) is 4. The Bertz CT molecular complexity index is 1120. The Kier molecular flexibility index (Phi) is 5.31. The summed E-state index contributed by atoms with van der Waals surface area (Å²) in [6.45, 7) is 4.51. The molecule has 0 amide bonds. The third-order valence-electron chi connectivity index (χ3n) is 4.33. The van der Waals surface area contributed by atoms with Crippen LogP contribution in [0.2, 0.25) is 0 Å². The van der Waals surface area contributed by atoms with Crippen LogP contribution in [0, 0.1) is 11.3 Å². The van der Waals surface area contributed by atoms with Gasteiger partial charge in [-0.25, -0.2) is 0 Å². The van der Waals surface area contributed by atoms with Gasteiger partial charge in [-0.15, -0.1) is 16.8 Å². The monoisotopic (exact) mass is 404 g/mol. The molecule has 0 saturated carbocycles. The van der Waals surface area contributed by atoms with E-state index in [1.165, 1.54) is 11.8 Å². The summed E-state index contributed by atoms with van der Waals surface area (Å²) in [6.07, 6.45) is 1.76. The summed E-state index contributed by atoms with van der Waals surface area (Å²) in [5, 5.41) is 18.1. The number of hydrogen-bond donors (Lipinski definition) is 0. The van der Waals surface area contributed by atoms with Gasteiger partial charge in [0.05, 0.1) is 17.4 Å². The molecule has 0 N–H and O–H groups in total. The van der Waals surface area contributed by atoms with Crippen LogP contribution < -0.4 is 9.47 Å². The van der Waals surface area contributed by atoms with E-state index in [9.17, 15) is 4.79 Å². The number of fused-ring (bicyclic) bond motifs is 1. The van der Waals surface area contributed by atoms with Crippen LogP contribution in [0.4, 0.5) is 0 Å². The van der Waals surface area contributed by atoms with E-state index < -0.39 is 0 Å². The Balaban J connectivity index is 1.54. The molecule has 8 heteroatoms. The van der Waals surface area contributed by atoms with E-state index in [0.29, 0.717) is 40.2 Å². The fourth-order valence-electron chi connectivity index (χ4n) is 2.88. The number of carbonyl (C=O) groups is 1. The minimum Gasteiger partial charge on any atom is -0.454 e. The lowest BCUT2D eigenvalue weighted by atomic mass is 10.1. The highest BCUT2D eigenvalue weighted by atomic mass is 32.2. The van der Waals surface area contributed by atoms with E-state index >= 15 is 0 Å². The van der Waals surface area contributed by atoms with Crippen molar-refractivity contribution in [2.45, 2.75) is 11.7 Å². The second-order valence-corrected chi connectivity index (χ2v) is 7.12. The number of thioether (sulfide) groups is 1. The highest BCUT2D eigenvalue weighted by Crippen LogP contribution is 2.36. The minimum atomic E-state index is -0.0442. The quantitative estimate of drug-likeness (QED) is 0.337. The Morgan fingerprint density at radius 2 is 2.00 bits per heavy atom. The lowest BCUT2D eigenvalue weighted by molar-refractivity contribution is 0.102. The summed E-state index contributed by atoms with van der Waals surface area (Å²) in [7, 11) is 0. The Labute approximate surface area is 171 Å². The van der Waals surface area contributed by atoms with Crippen LogP contribution in [0.15, 0.2) is 60.3 Å². The first-order valence-electron chi connectivity index (χ1n) is 8.80. The van der Waals surface area contributed by atoms with Crippen LogP contribution in [0.3, 0.4) is 0 Å². The molecule has 0 spiro atoms. The van der Waals surface area contributed by atoms with Crippen molar-refractivity contribution in [3.63, 3.8) is 0 Å². The van der Waals surface area contributed by atoms with Gasteiger partial charge in [0.1, 0.15) is 0 Å². The summed E-state index contributed by atoms with van der Waals surface area (Å²) in [5.41, 5.74) is 1.92. The molecule has 1 aliphatic rings. The van der Waals surface area contributed by atoms with Crippen molar-refractivity contribution in [3.8, 4) is 29.0 Å². The number of carbonyl (C=O) groups excluding carboxylic acids is 1. The van der Waals surface area contributed by atoms with Gasteiger partial charge in [-0.05, 0) is 30.3 Å². The smallest absolute Gasteiger partial charge is 0.231 e. The zero-order valence-corrected chi connectivity index (χ0v) is 16.2. The highest BCUT2D eigenvalue weighted by molar-refractivity contribution is 7.99. The second kappa shape index (κ2) is 8.20. The van der Waals surface area contributed by atoms with Gasteiger partial charge in [-0.2, -0.15) is 5.26 Å². The van der Waals surface area contributed by atoms with Crippen molar-refractivity contribution in [1.29, 1.82) is 5.26 Å². The number of ketones is 1. The maximum absolute atomic E-state index is 12.5. The minimum absolute atomic E-state index is 0.0442. The molecule has 7 nitrogen and oxygen atoms in total. The summed E-state index contributed by atoms with van der Waals surface area (Å²) in [5.74, 6) is 2.20. The molecule has 1 aliphatic heterocycles. The predicted molar refractivity (Wildman–Crippen MR) is 108 cm³/mol. The van der Waals surface area contributed by atoms with Gasteiger partial charge in [0.15, 0.2) is 28.3 Å². The van der Waals surface area contributed by atoms with Crippen molar-refractivity contribution < 1.29 is 14.3 Å². The lowest BCUT2D eigenvalue weighted by Crippen LogP contribution is -2.05. The van der Waals surface area contributed by atoms with Gasteiger partial charge in [-0.1, -0.05) is 30.0 Å². The molecule has 0 atom stereocenters. The number of allylic oxidation sites excluding steroid dienone is 1. The fourth-order valence-corrected chi connectivity index (χ4v) is 3.72. The van der Waals surface area contributed by atoms with E-state index in [1.54, 1.807) is 30.3 Å². The number of hydrogen-bond acceptors (Lipinski definition) is 7. The average molecular weight is 404 g/mol. The van der Waals surface area contributed by atoms with E-state index in [0.717, 1.165) is 5.56 Å². The molecule has 3 aromatic rings. The maximum atomic E-state index is 12.5. The van der Waals surface area contributed by atoms with Crippen LogP contribution in [-0.2, 0) is 6.54 Å². The van der Waals surface area contributed by atoms with Crippen LogP contribution in [0.25, 0.3) is 11.4 Å². The van der Waals surface area contributed by atoms with Crippen molar-refractivity contribution in [2.24, 2.45) is 0 Å². The number of benzene rings is 2. The number of ether oxygens (including phenoxy) is 2. The van der Waals surface area contributed by atoms with Crippen molar-refractivity contribution in [3.05, 3.63) is 66.2 Å². The molecule has 2 aromatic carbocycles. The number of rotatable bonds is 7. The second-order valence-electron chi connectivity index (χ2n) is 6.17. The highest BCUT2D eigenvalue weighted by Gasteiger charge is 2.19. The molecule has 4 rings (SSSR count). The van der Waals surface area contributed by atoms with Crippen molar-refractivity contribution in [2.75, 3.05) is 12.5 Å². The molecule has 0 saturated heterocycles. The number of Topliss-reactive ketones (excluding diaryl/α,β-unsaturated/α-hetero) is 1. The van der Waals surface area contributed by atoms with Crippen molar-refractivity contribution in [1.82, 2.24) is 14.8 Å². The zero-order chi connectivity index (χ0) is 20.2.